The molecule has 5 aliphatic heterocycles. The largest absolute Gasteiger partial charge is 0.492 e. The minimum Gasteiger partial charge on any atom is -0.492 e. The molecular formula is C42H47BrN8O6S. The van der Waals surface area contributed by atoms with Gasteiger partial charge in [0.1, 0.15) is 28.7 Å². The van der Waals surface area contributed by atoms with Crippen LogP contribution in [0.4, 0.5) is 11.5 Å². The number of anilines is 2. The molecule has 14 nitrogen and oxygen atoms in total. The molecule has 304 valence electrons. The van der Waals surface area contributed by atoms with Gasteiger partial charge in [-0.3, -0.25) is 43.5 Å². The maximum atomic E-state index is 13.7. The lowest BCUT2D eigenvalue weighted by molar-refractivity contribution is -0.136. The van der Waals surface area contributed by atoms with Crippen LogP contribution in [0, 0.1) is 5.41 Å². The van der Waals surface area contributed by atoms with Crippen LogP contribution < -0.4 is 25.8 Å². The molecule has 2 aromatic heterocycles. The first-order valence-electron chi connectivity index (χ1n) is 20.2. The van der Waals surface area contributed by atoms with Crippen LogP contribution in [-0.2, 0) is 9.59 Å². The number of benzene rings is 2. The summed E-state index contributed by atoms with van der Waals surface area (Å²) >= 11 is 4.92. The van der Waals surface area contributed by atoms with E-state index in [2.05, 4.69) is 72.6 Å². The van der Waals surface area contributed by atoms with Gasteiger partial charge < -0.3 is 19.9 Å². The molecule has 0 bridgehead atoms. The van der Waals surface area contributed by atoms with Crippen molar-refractivity contribution in [1.29, 1.82) is 0 Å². The van der Waals surface area contributed by atoms with Crippen LogP contribution in [0.3, 0.4) is 0 Å². The van der Waals surface area contributed by atoms with Gasteiger partial charge in [0.25, 0.3) is 17.4 Å². The highest BCUT2D eigenvalue weighted by Gasteiger charge is 2.47. The van der Waals surface area contributed by atoms with Gasteiger partial charge in [-0.2, -0.15) is 0 Å². The van der Waals surface area contributed by atoms with E-state index in [1.807, 2.05) is 17.5 Å². The molecular weight excluding hydrogens is 824 g/mol. The Morgan fingerprint density at radius 2 is 1.72 bits per heavy atom. The van der Waals surface area contributed by atoms with Gasteiger partial charge in [0.2, 0.25) is 11.8 Å². The van der Waals surface area contributed by atoms with Gasteiger partial charge in [0.15, 0.2) is 4.96 Å². The number of likely N-dealkylation sites (N-methyl/N-ethyl adjacent to an activating group) is 1. The second kappa shape index (κ2) is 15.8. The quantitative estimate of drug-likeness (QED) is 0.228. The van der Waals surface area contributed by atoms with E-state index in [1.165, 1.54) is 16.9 Å². The van der Waals surface area contributed by atoms with Gasteiger partial charge in [-0.15, -0.1) is 11.3 Å². The summed E-state index contributed by atoms with van der Waals surface area (Å²) in [6.07, 6.45) is 7.17. The molecule has 5 aliphatic rings. The molecule has 4 fully saturated rings. The summed E-state index contributed by atoms with van der Waals surface area (Å²) in [5.74, 6) is -0.102. The Labute approximate surface area is 348 Å². The zero-order valence-electron chi connectivity index (χ0n) is 32.5. The first-order valence-corrected chi connectivity index (χ1v) is 21.9. The fourth-order valence-corrected chi connectivity index (χ4v) is 10.8. The zero-order chi connectivity index (χ0) is 40.1. The highest BCUT2D eigenvalue weighted by molar-refractivity contribution is 9.10. The van der Waals surface area contributed by atoms with E-state index in [0.717, 1.165) is 94.3 Å². The summed E-state index contributed by atoms with van der Waals surface area (Å²) < 4.78 is 8.24. The predicted octanol–water partition coefficient (Wildman–Crippen LogP) is 4.58. The summed E-state index contributed by atoms with van der Waals surface area (Å²) in [6, 6.07) is 13.1. The van der Waals surface area contributed by atoms with Gasteiger partial charge in [0.05, 0.1) is 16.8 Å². The van der Waals surface area contributed by atoms with E-state index in [0.29, 0.717) is 38.9 Å². The van der Waals surface area contributed by atoms with Crippen molar-refractivity contribution in [2.45, 2.75) is 62.9 Å². The van der Waals surface area contributed by atoms with E-state index < -0.39 is 23.8 Å². The topological polar surface area (TPSA) is 149 Å². The fourth-order valence-electron chi connectivity index (χ4n) is 9.68. The summed E-state index contributed by atoms with van der Waals surface area (Å²) in [4.78, 5) is 77.6. The van der Waals surface area contributed by atoms with Crippen molar-refractivity contribution in [1.82, 2.24) is 29.4 Å². The molecule has 0 radical (unpaired) electrons. The molecule has 4 saturated heterocycles. The highest BCUT2D eigenvalue weighted by Crippen LogP contribution is 2.44. The molecule has 1 unspecified atom stereocenters. The number of carbonyl (C=O) groups excluding carboxylic acids is 4. The second-order valence-corrected chi connectivity index (χ2v) is 18.2. The van der Waals surface area contributed by atoms with Crippen LogP contribution in [-0.4, -0.2) is 119 Å². The normalized spacial score (nSPS) is 24.1. The van der Waals surface area contributed by atoms with E-state index in [4.69, 9.17) is 9.72 Å². The van der Waals surface area contributed by atoms with Crippen LogP contribution in [0.25, 0.3) is 4.96 Å². The van der Waals surface area contributed by atoms with Crippen LogP contribution >= 0.6 is 27.3 Å². The van der Waals surface area contributed by atoms with Crippen molar-refractivity contribution in [3.63, 3.8) is 0 Å². The standard InChI is InChI=1S/C42H47BrN8O6S/c1-47-24-27(23-28(25-47)44-36-35(43)40(56)50-20-22-58-41(50)46-36)26-5-7-29(8-6-26)57-21-19-48-15-11-42(12-16-48)13-17-49(18-14-42)31-4-2-3-30-34(31)39(55)51(38(30)54)32-9-10-33(52)45-37(32)53/h2-8,20,22,27-28,32,44H,9-19,21,23-25H2,1H3,(H,45,52,53)/t27-,28+,32?/m0/s1. The number of nitrogens with zero attached hydrogens (tertiary/aromatic N) is 6. The fraction of sp³-hybridized carbons (Fsp3) is 0.476. The number of piperidine rings is 4. The van der Waals surface area contributed by atoms with Crippen LogP contribution in [0.1, 0.15) is 77.1 Å². The number of thiazole rings is 1. The number of hydrogen-bond donors (Lipinski definition) is 2. The summed E-state index contributed by atoms with van der Waals surface area (Å²) in [7, 11) is 2.13. The number of aromatic nitrogens is 2. The van der Waals surface area contributed by atoms with Crippen molar-refractivity contribution >= 4 is 67.4 Å². The number of fused-ring (bicyclic) bond motifs is 2. The molecule has 0 saturated carbocycles. The number of nitrogens with one attached hydrogen (secondary N) is 2. The number of carbonyl (C=O) groups is 4. The molecule has 0 aliphatic carbocycles. The molecule has 4 aromatic rings. The van der Waals surface area contributed by atoms with Gasteiger partial charge in [-0.05, 0) is 116 Å². The number of amides is 4. The zero-order valence-corrected chi connectivity index (χ0v) is 34.9. The minimum absolute atomic E-state index is 0.0984. The Bertz CT molecular complexity index is 2310. The molecule has 7 heterocycles. The van der Waals surface area contributed by atoms with Gasteiger partial charge >= 0.3 is 0 Å². The lowest BCUT2D eigenvalue weighted by Crippen LogP contribution is -2.54. The van der Waals surface area contributed by atoms with Gasteiger partial charge in [-0.25, -0.2) is 4.98 Å². The van der Waals surface area contributed by atoms with E-state index in [1.54, 1.807) is 16.7 Å². The Balaban J connectivity index is 0.739. The van der Waals surface area contributed by atoms with Crippen molar-refractivity contribution in [3.8, 4) is 5.75 Å². The van der Waals surface area contributed by atoms with Crippen molar-refractivity contribution in [2.24, 2.45) is 5.41 Å². The van der Waals surface area contributed by atoms with Crippen molar-refractivity contribution < 1.29 is 23.9 Å². The number of rotatable bonds is 9. The monoisotopic (exact) mass is 870 g/mol. The highest BCUT2D eigenvalue weighted by atomic mass is 79.9. The minimum atomic E-state index is -0.971. The lowest BCUT2D eigenvalue weighted by Gasteiger charge is -2.47. The third kappa shape index (κ3) is 7.44. The Hall–Kier alpha value is -4.64. The number of halogens is 1. The van der Waals surface area contributed by atoms with Crippen LogP contribution in [0.2, 0.25) is 0 Å². The average Bonchev–Trinajstić information content (AvgIpc) is 3.80. The summed E-state index contributed by atoms with van der Waals surface area (Å²) in [5.41, 5.74) is 2.87. The SMILES string of the molecule is CN1C[C@H](Nc2nc3sccn3c(=O)c2Br)C[C@H](c2ccc(OCCN3CCC4(CC3)CCN(c3cccc5c3C(=O)N(C3CCC(=O)NC3=O)C5=O)CC4)cc2)C1. The molecule has 4 amide bonds. The molecule has 58 heavy (non-hydrogen) atoms. The second-order valence-electron chi connectivity index (χ2n) is 16.5. The first kappa shape index (κ1) is 38.9. The van der Waals surface area contributed by atoms with Crippen molar-refractivity contribution in [2.75, 3.05) is 69.7 Å². The number of hydrogen-bond acceptors (Lipinski definition) is 12. The Morgan fingerprint density at radius 3 is 2.48 bits per heavy atom. The predicted molar refractivity (Wildman–Crippen MR) is 224 cm³/mol. The molecule has 9 rings (SSSR count). The molecule has 2 N–H and O–H groups in total. The number of likely N-dealkylation sites (tertiary alicyclic amines) is 2. The average molecular weight is 872 g/mol. The number of ether oxygens (including phenoxy) is 1. The lowest BCUT2D eigenvalue weighted by atomic mass is 9.71. The van der Waals surface area contributed by atoms with E-state index >= 15 is 0 Å². The molecule has 3 atom stereocenters. The summed E-state index contributed by atoms with van der Waals surface area (Å²) in [5, 5.41) is 7.69. The Morgan fingerprint density at radius 1 is 0.966 bits per heavy atom. The molecule has 16 heteroatoms. The third-order valence-corrected chi connectivity index (χ3v) is 14.4. The third-order valence-electron chi connectivity index (χ3n) is 12.9. The number of imide groups is 2. The van der Waals surface area contributed by atoms with Crippen molar-refractivity contribution in [3.05, 3.63) is 85.6 Å². The molecule has 1 spiro atoms. The van der Waals surface area contributed by atoms with E-state index in [-0.39, 0.29) is 35.8 Å². The first-order chi connectivity index (χ1) is 28.1. The molecule has 2 aromatic carbocycles. The smallest absolute Gasteiger partial charge is 0.275 e. The van der Waals surface area contributed by atoms with Crippen LogP contribution in [0.5, 0.6) is 5.75 Å². The van der Waals surface area contributed by atoms with Gasteiger partial charge in [0, 0.05) is 56.8 Å². The maximum Gasteiger partial charge on any atom is 0.275 e. The summed E-state index contributed by atoms with van der Waals surface area (Å²) in [6.45, 7) is 6.93. The van der Waals surface area contributed by atoms with Crippen LogP contribution in [0.15, 0.2) is 63.3 Å². The van der Waals surface area contributed by atoms with Gasteiger partial charge in [-0.1, -0.05) is 18.2 Å². The Kier molecular flexibility index (Phi) is 10.6. The maximum absolute atomic E-state index is 13.7. The van der Waals surface area contributed by atoms with E-state index in [9.17, 15) is 24.0 Å².